The fourth-order valence-electron chi connectivity index (χ4n) is 1.39. The molecule has 6 heteroatoms. The minimum atomic E-state index is -0.881. The van der Waals surface area contributed by atoms with Gasteiger partial charge in [0.2, 0.25) is 0 Å². The van der Waals surface area contributed by atoms with Gasteiger partial charge in [0.1, 0.15) is 17.3 Å². The van der Waals surface area contributed by atoms with Crippen molar-refractivity contribution in [3.05, 3.63) is 42.5 Å². The summed E-state index contributed by atoms with van der Waals surface area (Å²) in [7, 11) is 0. The van der Waals surface area contributed by atoms with Gasteiger partial charge in [-0.2, -0.15) is 0 Å². The molecule has 0 radical (unpaired) electrons. The number of benzene rings is 1. The normalized spacial score (nSPS) is 10.1. The number of carboxylic acids is 1. The van der Waals surface area contributed by atoms with Crippen LogP contribution in [0, 0.1) is 0 Å². The number of ether oxygens (including phenoxy) is 1. The van der Waals surface area contributed by atoms with E-state index in [1.165, 1.54) is 24.5 Å². The zero-order chi connectivity index (χ0) is 13.7. The van der Waals surface area contributed by atoms with E-state index >= 15 is 0 Å². The number of carbonyl (C=O) groups is 1. The van der Waals surface area contributed by atoms with Crippen LogP contribution in [-0.2, 0) is 11.2 Å². The molecule has 19 heavy (non-hydrogen) atoms. The molecule has 0 aliphatic heterocycles. The Bertz CT molecular complexity index is 552. The lowest BCUT2D eigenvalue weighted by Gasteiger charge is -2.05. The average Bonchev–Trinajstić information content (AvgIpc) is 2.40. The van der Waals surface area contributed by atoms with Crippen LogP contribution in [0.2, 0.25) is 0 Å². The van der Waals surface area contributed by atoms with Gasteiger partial charge in [0.25, 0.3) is 0 Å². The third kappa shape index (κ3) is 3.95. The Morgan fingerprint density at radius 3 is 2.32 bits per heavy atom. The van der Waals surface area contributed by atoms with Crippen molar-refractivity contribution in [2.75, 3.05) is 0 Å². The standard InChI is InChI=1S/C13H12N2O4/c16-9-1-3-10(4-2-9)19-11-7-14-12(15-8-11)5-6-13(17)18/h1-4,7-8,16H,5-6H2,(H,17,18). The Labute approximate surface area is 109 Å². The van der Waals surface area contributed by atoms with Crippen molar-refractivity contribution in [1.82, 2.24) is 9.97 Å². The highest BCUT2D eigenvalue weighted by Crippen LogP contribution is 2.22. The zero-order valence-electron chi connectivity index (χ0n) is 9.98. The summed E-state index contributed by atoms with van der Waals surface area (Å²) in [6, 6.07) is 6.26. The third-order valence-corrected chi connectivity index (χ3v) is 2.32. The summed E-state index contributed by atoms with van der Waals surface area (Å²) in [6.45, 7) is 0. The molecule has 0 fully saturated rings. The summed E-state index contributed by atoms with van der Waals surface area (Å²) in [4.78, 5) is 18.4. The monoisotopic (exact) mass is 260 g/mol. The Morgan fingerprint density at radius 2 is 1.74 bits per heavy atom. The molecule has 0 unspecified atom stereocenters. The predicted octanol–water partition coefficient (Wildman–Crippen LogP) is 1.99. The van der Waals surface area contributed by atoms with Gasteiger partial charge in [-0.25, -0.2) is 9.97 Å². The van der Waals surface area contributed by atoms with E-state index in [1.807, 2.05) is 0 Å². The summed E-state index contributed by atoms with van der Waals surface area (Å²) in [5, 5.41) is 17.7. The van der Waals surface area contributed by atoms with Crippen molar-refractivity contribution < 1.29 is 19.7 Å². The minimum Gasteiger partial charge on any atom is -0.508 e. The first kappa shape index (κ1) is 12.8. The number of hydrogen-bond acceptors (Lipinski definition) is 5. The maximum Gasteiger partial charge on any atom is 0.303 e. The first-order chi connectivity index (χ1) is 9.13. The molecule has 0 atom stereocenters. The molecule has 2 N–H and O–H groups in total. The third-order valence-electron chi connectivity index (χ3n) is 2.32. The van der Waals surface area contributed by atoms with Crippen molar-refractivity contribution >= 4 is 5.97 Å². The first-order valence-corrected chi connectivity index (χ1v) is 5.63. The van der Waals surface area contributed by atoms with Crippen LogP contribution in [0.15, 0.2) is 36.7 Å². The summed E-state index contributed by atoms with van der Waals surface area (Å²) < 4.78 is 5.46. The summed E-state index contributed by atoms with van der Waals surface area (Å²) in [5.41, 5.74) is 0. The van der Waals surface area contributed by atoms with Crippen LogP contribution in [0.3, 0.4) is 0 Å². The second-order valence-corrected chi connectivity index (χ2v) is 3.82. The van der Waals surface area contributed by atoms with Gasteiger partial charge in [0, 0.05) is 6.42 Å². The lowest BCUT2D eigenvalue weighted by atomic mass is 10.3. The van der Waals surface area contributed by atoms with Crippen molar-refractivity contribution in [3.8, 4) is 17.2 Å². The zero-order valence-corrected chi connectivity index (χ0v) is 9.98. The molecule has 1 heterocycles. The minimum absolute atomic E-state index is 0.00182. The molecule has 1 aromatic carbocycles. The molecule has 0 saturated heterocycles. The van der Waals surface area contributed by atoms with Gasteiger partial charge in [0.05, 0.1) is 18.8 Å². The van der Waals surface area contributed by atoms with E-state index in [-0.39, 0.29) is 18.6 Å². The van der Waals surface area contributed by atoms with Gasteiger partial charge in [-0.1, -0.05) is 0 Å². The summed E-state index contributed by atoms with van der Waals surface area (Å²) >= 11 is 0. The van der Waals surface area contributed by atoms with Crippen LogP contribution in [0.25, 0.3) is 0 Å². The van der Waals surface area contributed by atoms with Gasteiger partial charge in [0.15, 0.2) is 5.75 Å². The molecular formula is C13H12N2O4. The molecule has 0 spiro atoms. The Kier molecular flexibility index (Phi) is 3.92. The maximum atomic E-state index is 10.4. The van der Waals surface area contributed by atoms with Crippen molar-refractivity contribution in [2.24, 2.45) is 0 Å². The maximum absolute atomic E-state index is 10.4. The van der Waals surface area contributed by atoms with E-state index < -0.39 is 5.97 Å². The van der Waals surface area contributed by atoms with Crippen LogP contribution >= 0.6 is 0 Å². The van der Waals surface area contributed by atoms with Gasteiger partial charge in [-0.05, 0) is 24.3 Å². The molecule has 0 bridgehead atoms. The van der Waals surface area contributed by atoms with E-state index in [9.17, 15) is 4.79 Å². The second kappa shape index (κ2) is 5.81. The Hall–Kier alpha value is -2.63. The number of aryl methyl sites for hydroxylation is 1. The van der Waals surface area contributed by atoms with E-state index in [0.717, 1.165) is 0 Å². The molecule has 0 saturated carbocycles. The smallest absolute Gasteiger partial charge is 0.303 e. The van der Waals surface area contributed by atoms with Crippen LogP contribution in [0.1, 0.15) is 12.2 Å². The van der Waals surface area contributed by atoms with Crippen molar-refractivity contribution in [3.63, 3.8) is 0 Å². The highest BCUT2D eigenvalue weighted by Gasteiger charge is 2.03. The Balaban J connectivity index is 1.98. The summed E-state index contributed by atoms with van der Waals surface area (Å²) in [5.74, 6) is 0.741. The second-order valence-electron chi connectivity index (χ2n) is 3.82. The molecule has 0 aliphatic rings. The topological polar surface area (TPSA) is 92.5 Å². The van der Waals surface area contributed by atoms with Gasteiger partial charge in [-0.15, -0.1) is 0 Å². The van der Waals surface area contributed by atoms with E-state index in [4.69, 9.17) is 14.9 Å². The lowest BCUT2D eigenvalue weighted by molar-refractivity contribution is -0.137. The van der Waals surface area contributed by atoms with Crippen molar-refractivity contribution in [2.45, 2.75) is 12.8 Å². The fourth-order valence-corrected chi connectivity index (χ4v) is 1.39. The SMILES string of the molecule is O=C(O)CCc1ncc(Oc2ccc(O)cc2)cn1. The lowest BCUT2D eigenvalue weighted by Crippen LogP contribution is -2.01. The van der Waals surface area contributed by atoms with Gasteiger partial charge < -0.3 is 14.9 Å². The number of aliphatic carboxylic acids is 1. The molecule has 0 aliphatic carbocycles. The first-order valence-electron chi connectivity index (χ1n) is 5.63. The number of hydrogen-bond donors (Lipinski definition) is 2. The number of aromatic hydroxyl groups is 1. The van der Waals surface area contributed by atoms with Crippen LogP contribution in [-0.4, -0.2) is 26.2 Å². The highest BCUT2D eigenvalue weighted by molar-refractivity contribution is 5.66. The summed E-state index contributed by atoms with van der Waals surface area (Å²) in [6.07, 6.45) is 3.25. The number of carboxylic acid groups (broad SMARTS) is 1. The molecule has 6 nitrogen and oxygen atoms in total. The fraction of sp³-hybridized carbons (Fsp3) is 0.154. The molecular weight excluding hydrogens is 248 g/mol. The molecule has 98 valence electrons. The highest BCUT2D eigenvalue weighted by atomic mass is 16.5. The van der Waals surface area contributed by atoms with Crippen LogP contribution in [0.5, 0.6) is 17.2 Å². The molecule has 1 aromatic heterocycles. The number of rotatable bonds is 5. The average molecular weight is 260 g/mol. The number of nitrogens with zero attached hydrogens (tertiary/aromatic N) is 2. The number of phenols is 1. The van der Waals surface area contributed by atoms with Crippen LogP contribution in [0.4, 0.5) is 0 Å². The molecule has 2 rings (SSSR count). The molecule has 2 aromatic rings. The van der Waals surface area contributed by atoms with Crippen molar-refractivity contribution in [1.29, 1.82) is 0 Å². The van der Waals surface area contributed by atoms with Gasteiger partial charge >= 0.3 is 5.97 Å². The predicted molar refractivity (Wildman–Crippen MR) is 66.2 cm³/mol. The number of phenolic OH excluding ortho intramolecular Hbond substituents is 1. The van der Waals surface area contributed by atoms with Crippen LogP contribution < -0.4 is 4.74 Å². The van der Waals surface area contributed by atoms with E-state index in [1.54, 1.807) is 12.1 Å². The quantitative estimate of drug-likeness (QED) is 0.854. The van der Waals surface area contributed by atoms with E-state index in [0.29, 0.717) is 17.3 Å². The van der Waals surface area contributed by atoms with E-state index in [2.05, 4.69) is 9.97 Å². The Morgan fingerprint density at radius 1 is 1.11 bits per heavy atom. The largest absolute Gasteiger partial charge is 0.508 e. The number of aromatic nitrogens is 2. The molecule has 0 amide bonds. The van der Waals surface area contributed by atoms with Gasteiger partial charge in [-0.3, -0.25) is 4.79 Å².